The molecule has 0 bridgehead atoms. The number of halogens is 2. The zero-order valence-corrected chi connectivity index (χ0v) is 19.6. The van der Waals surface area contributed by atoms with Gasteiger partial charge >= 0.3 is 0 Å². The number of aromatic nitrogens is 2. The molecule has 0 radical (unpaired) electrons. The first kappa shape index (κ1) is 23.2. The monoisotopic (exact) mass is 461 g/mol. The van der Waals surface area contributed by atoms with Crippen LogP contribution in [0, 0.1) is 11.7 Å². The third-order valence-corrected chi connectivity index (χ3v) is 6.60. The van der Waals surface area contributed by atoms with Gasteiger partial charge < -0.3 is 20.7 Å². The van der Waals surface area contributed by atoms with Gasteiger partial charge in [0.2, 0.25) is 0 Å². The summed E-state index contributed by atoms with van der Waals surface area (Å²) < 4.78 is 19.8. The van der Waals surface area contributed by atoms with Crippen LogP contribution < -0.4 is 16.0 Å². The molecule has 174 valence electrons. The maximum atomic E-state index is 14.6. The van der Waals surface area contributed by atoms with Crippen LogP contribution in [0.15, 0.2) is 24.5 Å². The molecule has 1 atom stereocenters. The van der Waals surface area contributed by atoms with E-state index >= 15 is 0 Å². The fraction of sp³-hybridized carbons (Fsp3) is 0.583. The van der Waals surface area contributed by atoms with Gasteiger partial charge in [-0.3, -0.25) is 0 Å². The number of pyridine rings is 2. The van der Waals surface area contributed by atoms with Crippen LogP contribution in [-0.4, -0.2) is 48.4 Å². The molecule has 0 spiro atoms. The van der Waals surface area contributed by atoms with Crippen molar-refractivity contribution in [3.8, 4) is 11.1 Å². The van der Waals surface area contributed by atoms with Crippen molar-refractivity contribution in [2.75, 3.05) is 30.9 Å². The van der Waals surface area contributed by atoms with E-state index in [1.54, 1.807) is 19.4 Å². The van der Waals surface area contributed by atoms with Gasteiger partial charge in [0.25, 0.3) is 0 Å². The Hall–Kier alpha value is -1.96. The Morgan fingerprint density at radius 3 is 2.56 bits per heavy atom. The number of rotatable bonds is 10. The van der Waals surface area contributed by atoms with Crippen molar-refractivity contribution in [2.45, 2.75) is 63.6 Å². The number of nitrogens with zero attached hydrogens (tertiary/aromatic N) is 2. The Balaban J connectivity index is 1.38. The van der Waals surface area contributed by atoms with Crippen molar-refractivity contribution in [2.24, 2.45) is 5.92 Å². The minimum atomic E-state index is -0.368. The van der Waals surface area contributed by atoms with E-state index in [1.165, 1.54) is 19.0 Å². The maximum Gasteiger partial charge on any atom is 0.152 e. The number of methoxy groups -OCH3 is 1. The predicted molar refractivity (Wildman–Crippen MR) is 128 cm³/mol. The van der Waals surface area contributed by atoms with E-state index in [1.807, 2.05) is 6.07 Å². The van der Waals surface area contributed by atoms with Crippen molar-refractivity contribution in [1.82, 2.24) is 15.3 Å². The molecule has 32 heavy (non-hydrogen) atoms. The smallest absolute Gasteiger partial charge is 0.152 e. The summed E-state index contributed by atoms with van der Waals surface area (Å²) in [4.78, 5) is 8.54. The van der Waals surface area contributed by atoms with Gasteiger partial charge in [-0.05, 0) is 63.5 Å². The Morgan fingerprint density at radius 2 is 1.84 bits per heavy atom. The molecule has 0 aliphatic heterocycles. The Bertz CT molecular complexity index is 902. The quantitative estimate of drug-likeness (QED) is 0.427. The number of ether oxygens (including phenoxy) is 1. The second-order valence-corrected chi connectivity index (χ2v) is 9.51. The summed E-state index contributed by atoms with van der Waals surface area (Å²) in [5, 5.41) is 10.9. The summed E-state index contributed by atoms with van der Waals surface area (Å²) in [6.45, 7) is 3.74. The van der Waals surface area contributed by atoms with E-state index < -0.39 is 0 Å². The highest BCUT2D eigenvalue weighted by Gasteiger charge is 2.23. The van der Waals surface area contributed by atoms with E-state index in [-0.39, 0.29) is 5.82 Å². The van der Waals surface area contributed by atoms with Gasteiger partial charge in [0.1, 0.15) is 11.6 Å². The molecule has 4 rings (SSSR count). The summed E-state index contributed by atoms with van der Waals surface area (Å²) in [5.41, 5.74) is 1.91. The molecular weight excluding hydrogens is 429 g/mol. The minimum Gasteiger partial charge on any atom is -0.383 e. The van der Waals surface area contributed by atoms with E-state index in [0.717, 1.165) is 44.5 Å². The predicted octanol–water partition coefficient (Wildman–Crippen LogP) is 5.11. The molecule has 2 aromatic heterocycles. The molecule has 0 amide bonds. The molecule has 0 unspecified atom stereocenters. The molecule has 6 nitrogen and oxygen atoms in total. The van der Waals surface area contributed by atoms with E-state index in [9.17, 15) is 4.39 Å². The molecule has 2 fully saturated rings. The lowest BCUT2D eigenvalue weighted by molar-refractivity contribution is 0.161. The zero-order valence-electron chi connectivity index (χ0n) is 18.8. The van der Waals surface area contributed by atoms with Crippen LogP contribution >= 0.6 is 11.6 Å². The first-order valence-corrected chi connectivity index (χ1v) is 12.0. The lowest BCUT2D eigenvalue weighted by atomic mass is 9.90. The van der Waals surface area contributed by atoms with Crippen LogP contribution in [0.5, 0.6) is 0 Å². The van der Waals surface area contributed by atoms with Crippen LogP contribution in [0.3, 0.4) is 0 Å². The summed E-state index contributed by atoms with van der Waals surface area (Å²) in [6.07, 6.45) is 9.67. The highest BCUT2D eigenvalue weighted by atomic mass is 35.5. The zero-order chi connectivity index (χ0) is 22.5. The van der Waals surface area contributed by atoms with Crippen LogP contribution in [-0.2, 0) is 4.74 Å². The van der Waals surface area contributed by atoms with Gasteiger partial charge in [-0.15, -0.1) is 0 Å². The number of hydrogen-bond acceptors (Lipinski definition) is 6. The highest BCUT2D eigenvalue weighted by molar-refractivity contribution is 6.32. The van der Waals surface area contributed by atoms with Crippen LogP contribution in [0.2, 0.25) is 5.15 Å². The van der Waals surface area contributed by atoms with Gasteiger partial charge in [0, 0.05) is 49.1 Å². The molecule has 2 aliphatic rings. The largest absolute Gasteiger partial charge is 0.383 e. The SMILES string of the molecule is COC[C@H](C)NC1CCC(Nc2cc(-c3cnc(Cl)c(NCC4CC4)c3)c(F)cn2)CC1. The average molecular weight is 462 g/mol. The molecule has 2 aliphatic carbocycles. The summed E-state index contributed by atoms with van der Waals surface area (Å²) in [5.74, 6) is 1.03. The summed E-state index contributed by atoms with van der Waals surface area (Å²) in [6, 6.07) is 4.84. The molecule has 8 heteroatoms. The van der Waals surface area contributed by atoms with E-state index in [0.29, 0.717) is 46.1 Å². The Kier molecular flexibility index (Phi) is 7.81. The molecular formula is C24H33ClFN5O. The molecule has 3 N–H and O–H groups in total. The lowest BCUT2D eigenvalue weighted by Crippen LogP contribution is -2.42. The van der Waals surface area contributed by atoms with Crippen molar-refractivity contribution in [1.29, 1.82) is 0 Å². The second kappa shape index (κ2) is 10.8. The Morgan fingerprint density at radius 1 is 1.09 bits per heavy atom. The highest BCUT2D eigenvalue weighted by Crippen LogP contribution is 2.33. The second-order valence-electron chi connectivity index (χ2n) is 9.15. The van der Waals surface area contributed by atoms with Gasteiger partial charge in [0.05, 0.1) is 18.5 Å². The van der Waals surface area contributed by atoms with Crippen LogP contribution in [0.25, 0.3) is 11.1 Å². The maximum absolute atomic E-state index is 14.6. The van der Waals surface area contributed by atoms with Crippen molar-refractivity contribution >= 4 is 23.1 Å². The number of anilines is 2. The average Bonchev–Trinajstić information content (AvgIpc) is 3.61. The first-order chi connectivity index (χ1) is 15.5. The third-order valence-electron chi connectivity index (χ3n) is 6.30. The topological polar surface area (TPSA) is 71.1 Å². The fourth-order valence-corrected chi connectivity index (χ4v) is 4.52. The Labute approximate surface area is 194 Å². The third kappa shape index (κ3) is 6.30. The van der Waals surface area contributed by atoms with E-state index in [4.69, 9.17) is 16.3 Å². The number of hydrogen-bond donors (Lipinski definition) is 3. The lowest BCUT2D eigenvalue weighted by Gasteiger charge is -2.31. The van der Waals surface area contributed by atoms with Crippen molar-refractivity contribution in [3.63, 3.8) is 0 Å². The fourth-order valence-electron chi connectivity index (χ4n) is 4.35. The molecule has 2 aromatic rings. The van der Waals surface area contributed by atoms with Crippen molar-refractivity contribution < 1.29 is 9.13 Å². The number of nitrogens with one attached hydrogen (secondary N) is 3. The normalized spacial score (nSPS) is 21.9. The summed E-state index contributed by atoms with van der Waals surface area (Å²) >= 11 is 6.24. The standard InChI is InChI=1S/C24H33ClFN5O/c1-15(14-32-2)30-18-5-7-19(8-6-18)31-23-10-20(21(26)13-28-23)17-9-22(24(25)29-12-17)27-11-16-3-4-16/h9-10,12-13,15-16,18-19,27,30H,3-8,11,14H2,1-2H3,(H,28,31)/t15-,18?,19?/m0/s1. The van der Waals surface area contributed by atoms with Gasteiger partial charge in [-0.25, -0.2) is 14.4 Å². The van der Waals surface area contributed by atoms with Crippen LogP contribution in [0.4, 0.5) is 15.9 Å². The molecule has 2 heterocycles. The van der Waals surface area contributed by atoms with Gasteiger partial charge in [-0.1, -0.05) is 11.6 Å². The van der Waals surface area contributed by atoms with Crippen molar-refractivity contribution in [3.05, 3.63) is 35.5 Å². The van der Waals surface area contributed by atoms with Gasteiger partial charge in [0.15, 0.2) is 5.15 Å². The molecule has 2 saturated carbocycles. The van der Waals surface area contributed by atoms with E-state index in [2.05, 4.69) is 32.8 Å². The summed E-state index contributed by atoms with van der Waals surface area (Å²) in [7, 11) is 1.73. The molecule has 0 aromatic carbocycles. The van der Waals surface area contributed by atoms with Gasteiger partial charge in [-0.2, -0.15) is 0 Å². The van der Waals surface area contributed by atoms with Crippen LogP contribution in [0.1, 0.15) is 45.4 Å². The first-order valence-electron chi connectivity index (χ1n) is 11.6. The molecule has 0 saturated heterocycles. The minimum absolute atomic E-state index is 0.329.